The highest BCUT2D eigenvalue weighted by Crippen LogP contribution is 2.31. The van der Waals surface area contributed by atoms with Crippen molar-refractivity contribution in [3.05, 3.63) is 52.6 Å². The zero-order valence-electron chi connectivity index (χ0n) is 19.2. The number of fused-ring (bicyclic) bond motifs is 1. The van der Waals surface area contributed by atoms with Gasteiger partial charge in [-0.25, -0.2) is 17.7 Å². The van der Waals surface area contributed by atoms with E-state index in [1.54, 1.807) is 45.9 Å². The van der Waals surface area contributed by atoms with Gasteiger partial charge in [-0.05, 0) is 51.3 Å². The summed E-state index contributed by atoms with van der Waals surface area (Å²) < 4.78 is 30.7. The van der Waals surface area contributed by atoms with Gasteiger partial charge in [0.05, 0.1) is 16.8 Å². The van der Waals surface area contributed by atoms with Gasteiger partial charge in [0.1, 0.15) is 11.2 Å². The number of benzene rings is 1. The van der Waals surface area contributed by atoms with E-state index in [9.17, 15) is 18.0 Å². The fraction of sp³-hybridized carbons (Fsp3) is 0.435. The minimum absolute atomic E-state index is 0.0637. The molecule has 0 bridgehead atoms. The molecular formula is C23H28N4O5S. The number of ether oxygens (including phenoxy) is 1. The molecule has 9 nitrogen and oxygen atoms in total. The summed E-state index contributed by atoms with van der Waals surface area (Å²) in [6, 6.07) is 8.06. The number of hydrogen-bond donors (Lipinski definition) is 1. The number of H-pyrrole nitrogens is 1. The van der Waals surface area contributed by atoms with Crippen LogP contribution in [0.2, 0.25) is 0 Å². The summed E-state index contributed by atoms with van der Waals surface area (Å²) in [6.45, 7) is 6.60. The molecule has 0 radical (unpaired) electrons. The summed E-state index contributed by atoms with van der Waals surface area (Å²) in [5, 5.41) is 4.51. The lowest BCUT2D eigenvalue weighted by molar-refractivity contribution is 0.0203. The number of sulfone groups is 1. The number of aromatic nitrogens is 3. The lowest BCUT2D eigenvalue weighted by Crippen LogP contribution is -2.41. The second kappa shape index (κ2) is 8.33. The van der Waals surface area contributed by atoms with E-state index >= 15 is 0 Å². The van der Waals surface area contributed by atoms with Crippen molar-refractivity contribution in [1.29, 1.82) is 0 Å². The Balaban J connectivity index is 1.60. The molecule has 3 heterocycles. The molecular weight excluding hydrogens is 444 g/mol. The Morgan fingerprint density at radius 1 is 1.15 bits per heavy atom. The lowest BCUT2D eigenvalue weighted by atomic mass is 9.93. The topological polar surface area (TPSA) is 114 Å². The number of carbonyl (C=O) groups is 1. The summed E-state index contributed by atoms with van der Waals surface area (Å²) in [4.78, 5) is 29.6. The number of rotatable bonds is 3. The van der Waals surface area contributed by atoms with Crippen molar-refractivity contribution < 1.29 is 17.9 Å². The zero-order chi connectivity index (χ0) is 24.0. The van der Waals surface area contributed by atoms with Gasteiger partial charge in [-0.15, -0.1) is 0 Å². The van der Waals surface area contributed by atoms with Crippen molar-refractivity contribution in [3.63, 3.8) is 0 Å². The molecule has 1 N–H and O–H groups in total. The first-order valence-electron chi connectivity index (χ1n) is 10.8. The molecule has 3 aromatic rings. The van der Waals surface area contributed by atoms with Crippen LogP contribution in [0.25, 0.3) is 16.8 Å². The predicted molar refractivity (Wildman–Crippen MR) is 124 cm³/mol. The molecule has 0 aliphatic carbocycles. The van der Waals surface area contributed by atoms with Crippen LogP contribution in [0.1, 0.15) is 45.2 Å². The van der Waals surface area contributed by atoms with E-state index in [0.29, 0.717) is 37.1 Å². The Labute approximate surface area is 192 Å². The van der Waals surface area contributed by atoms with Crippen molar-refractivity contribution >= 4 is 21.6 Å². The Morgan fingerprint density at radius 3 is 2.36 bits per heavy atom. The summed E-state index contributed by atoms with van der Waals surface area (Å²) in [7, 11) is -3.30. The summed E-state index contributed by atoms with van der Waals surface area (Å²) in [5.41, 5.74) is 2.03. The smallest absolute Gasteiger partial charge is 0.410 e. The highest BCUT2D eigenvalue weighted by atomic mass is 32.2. The number of carbonyl (C=O) groups excluding carboxylic acids is 1. The lowest BCUT2D eigenvalue weighted by Gasteiger charge is -2.33. The Hall–Kier alpha value is -3.14. The number of aromatic amines is 1. The van der Waals surface area contributed by atoms with Crippen molar-refractivity contribution in [1.82, 2.24) is 19.5 Å². The average molecular weight is 473 g/mol. The first kappa shape index (κ1) is 23.0. The van der Waals surface area contributed by atoms with Crippen LogP contribution in [0.4, 0.5) is 4.79 Å². The zero-order valence-corrected chi connectivity index (χ0v) is 20.0. The van der Waals surface area contributed by atoms with Crippen LogP contribution in [0.15, 0.2) is 46.2 Å². The Kier molecular flexibility index (Phi) is 5.81. The van der Waals surface area contributed by atoms with Crippen LogP contribution in [-0.2, 0) is 14.6 Å². The Bertz CT molecular complexity index is 1340. The summed E-state index contributed by atoms with van der Waals surface area (Å²) in [5.74, 6) is 0.0637. The highest BCUT2D eigenvalue weighted by molar-refractivity contribution is 7.90. The van der Waals surface area contributed by atoms with E-state index in [1.807, 2.05) is 20.8 Å². The predicted octanol–water partition coefficient (Wildman–Crippen LogP) is 3.21. The molecule has 0 spiro atoms. The van der Waals surface area contributed by atoms with Crippen LogP contribution >= 0.6 is 0 Å². The summed E-state index contributed by atoms with van der Waals surface area (Å²) >= 11 is 0. The van der Waals surface area contributed by atoms with Crippen LogP contribution in [-0.4, -0.2) is 59.0 Å². The number of nitrogens with one attached hydrogen (secondary N) is 1. The number of piperidine rings is 1. The molecule has 1 aromatic carbocycles. The Morgan fingerprint density at radius 2 is 1.79 bits per heavy atom. The molecule has 0 saturated carbocycles. The molecule has 1 saturated heterocycles. The van der Waals surface area contributed by atoms with E-state index in [1.165, 1.54) is 0 Å². The fourth-order valence-corrected chi connectivity index (χ4v) is 4.71. The molecule has 1 fully saturated rings. The third kappa shape index (κ3) is 4.95. The van der Waals surface area contributed by atoms with Crippen molar-refractivity contribution in [2.45, 2.75) is 50.0 Å². The van der Waals surface area contributed by atoms with Gasteiger partial charge in [0.25, 0.3) is 5.56 Å². The monoisotopic (exact) mass is 472 g/mol. The maximum atomic E-state index is 12.5. The van der Waals surface area contributed by atoms with Gasteiger partial charge in [-0.1, -0.05) is 12.1 Å². The van der Waals surface area contributed by atoms with Crippen molar-refractivity contribution in [2.75, 3.05) is 19.3 Å². The molecule has 176 valence electrons. The van der Waals surface area contributed by atoms with Gasteiger partial charge in [0.15, 0.2) is 9.84 Å². The first-order chi connectivity index (χ1) is 15.4. The maximum absolute atomic E-state index is 12.5. The van der Waals surface area contributed by atoms with Gasteiger partial charge < -0.3 is 14.6 Å². The van der Waals surface area contributed by atoms with Gasteiger partial charge in [-0.3, -0.25) is 4.79 Å². The third-order valence-corrected chi connectivity index (χ3v) is 6.82. The van der Waals surface area contributed by atoms with Crippen LogP contribution in [0.5, 0.6) is 0 Å². The van der Waals surface area contributed by atoms with Crippen molar-refractivity contribution in [2.24, 2.45) is 0 Å². The third-order valence-electron chi connectivity index (χ3n) is 5.69. The maximum Gasteiger partial charge on any atom is 0.410 e. The molecule has 10 heteroatoms. The standard InChI is InChI=1S/C23H28N4O5S/c1-23(2,3)32-22(29)26-11-9-16(10-12-26)19-13-20(28)25-21-18(14-24-27(19)21)15-5-7-17(8-6-15)33(4,30)31/h5-8,13-14,16H,9-12H2,1-4H3,(H,25,28). The molecule has 0 unspecified atom stereocenters. The van der Waals surface area contributed by atoms with Gasteiger partial charge in [-0.2, -0.15) is 5.10 Å². The van der Waals surface area contributed by atoms with Gasteiger partial charge >= 0.3 is 6.09 Å². The van der Waals surface area contributed by atoms with Crippen LogP contribution < -0.4 is 5.56 Å². The van der Waals surface area contributed by atoms with E-state index in [-0.39, 0.29) is 22.5 Å². The molecule has 1 aliphatic rings. The molecule has 33 heavy (non-hydrogen) atoms. The molecule has 1 aliphatic heterocycles. The summed E-state index contributed by atoms with van der Waals surface area (Å²) in [6.07, 6.45) is 3.89. The van der Waals surface area contributed by atoms with E-state index in [2.05, 4.69) is 10.1 Å². The fourth-order valence-electron chi connectivity index (χ4n) is 4.08. The van der Waals surface area contributed by atoms with Crippen LogP contribution in [0, 0.1) is 0 Å². The molecule has 4 rings (SSSR count). The molecule has 0 atom stereocenters. The number of hydrogen-bond acceptors (Lipinski definition) is 6. The van der Waals surface area contributed by atoms with E-state index in [0.717, 1.165) is 17.5 Å². The van der Waals surface area contributed by atoms with E-state index < -0.39 is 15.4 Å². The van der Waals surface area contributed by atoms with E-state index in [4.69, 9.17) is 4.74 Å². The number of likely N-dealkylation sites (tertiary alicyclic amines) is 1. The second-order valence-electron chi connectivity index (χ2n) is 9.42. The minimum Gasteiger partial charge on any atom is -0.444 e. The molecule has 2 aromatic heterocycles. The minimum atomic E-state index is -3.30. The SMILES string of the molecule is CC(C)(C)OC(=O)N1CCC(c2cc(=O)[nH]c3c(-c4ccc(S(C)(=O)=O)cc4)cnn23)CC1. The highest BCUT2D eigenvalue weighted by Gasteiger charge is 2.29. The first-order valence-corrected chi connectivity index (χ1v) is 12.7. The normalized spacial score (nSPS) is 15.7. The van der Waals surface area contributed by atoms with Crippen LogP contribution in [0.3, 0.4) is 0 Å². The number of nitrogens with zero attached hydrogens (tertiary/aromatic N) is 3. The van der Waals surface area contributed by atoms with Gasteiger partial charge in [0, 0.05) is 36.9 Å². The second-order valence-corrected chi connectivity index (χ2v) is 11.4. The quantitative estimate of drug-likeness (QED) is 0.626. The number of amides is 1. The van der Waals surface area contributed by atoms with Crippen molar-refractivity contribution in [3.8, 4) is 11.1 Å². The molecule has 1 amide bonds. The largest absolute Gasteiger partial charge is 0.444 e. The van der Waals surface area contributed by atoms with Gasteiger partial charge in [0.2, 0.25) is 0 Å². The average Bonchev–Trinajstić information content (AvgIpc) is 3.15.